The van der Waals surface area contributed by atoms with Crippen molar-refractivity contribution in [2.45, 2.75) is 25.9 Å². The van der Waals surface area contributed by atoms with Crippen molar-refractivity contribution >= 4 is 0 Å². The largest absolute Gasteiger partial charge is 0.329 e. The van der Waals surface area contributed by atoms with Gasteiger partial charge in [-0.1, -0.05) is 0 Å². The summed E-state index contributed by atoms with van der Waals surface area (Å²) >= 11 is 0. The fourth-order valence-electron chi connectivity index (χ4n) is 0.966. The molecule has 3 nitrogen and oxygen atoms in total. The van der Waals surface area contributed by atoms with Crippen LogP contribution in [0.3, 0.4) is 0 Å². The summed E-state index contributed by atoms with van der Waals surface area (Å²) in [6.45, 7) is 5.02. The van der Waals surface area contributed by atoms with Crippen LogP contribution in [0.1, 0.15) is 13.8 Å². The van der Waals surface area contributed by atoms with Gasteiger partial charge in [0.05, 0.1) is 12.1 Å². The molecule has 0 N–H and O–H groups in total. The Balaban J connectivity index is 2.08. The molecule has 0 radical (unpaired) electrons. The molecule has 0 saturated carbocycles. The van der Waals surface area contributed by atoms with E-state index in [4.69, 9.17) is 9.57 Å². The van der Waals surface area contributed by atoms with E-state index in [1.807, 2.05) is 5.06 Å². The summed E-state index contributed by atoms with van der Waals surface area (Å²) in [6, 6.07) is 0. The highest BCUT2D eigenvalue weighted by Gasteiger charge is 2.51. The average molecular weight is 115 g/mol. The lowest BCUT2D eigenvalue weighted by atomic mass is 10.1. The van der Waals surface area contributed by atoms with Crippen molar-refractivity contribution in [3.63, 3.8) is 0 Å². The Labute approximate surface area is 48.1 Å². The van der Waals surface area contributed by atoms with Crippen LogP contribution >= 0.6 is 0 Å². The fourth-order valence-corrected chi connectivity index (χ4v) is 0.966. The molecule has 2 aliphatic heterocycles. The van der Waals surface area contributed by atoms with Crippen molar-refractivity contribution in [3.05, 3.63) is 0 Å². The topological polar surface area (TPSA) is 24.8 Å². The summed E-state index contributed by atoms with van der Waals surface area (Å²) in [5.74, 6) is 0. The molecule has 2 saturated heterocycles. The predicted molar refractivity (Wildman–Crippen MR) is 26.7 cm³/mol. The first-order valence-electron chi connectivity index (χ1n) is 2.79. The number of hydrogen-bond acceptors (Lipinski definition) is 3. The molecule has 2 fully saturated rings. The number of nitrogens with zero attached hydrogens (tertiary/aromatic N) is 1. The van der Waals surface area contributed by atoms with Crippen LogP contribution < -0.4 is 0 Å². The van der Waals surface area contributed by atoms with Crippen LogP contribution in [-0.4, -0.2) is 23.6 Å². The Bertz CT molecular complexity index is 112. The molecule has 0 spiro atoms. The van der Waals surface area contributed by atoms with Crippen molar-refractivity contribution < 1.29 is 9.57 Å². The Morgan fingerprint density at radius 1 is 1.62 bits per heavy atom. The van der Waals surface area contributed by atoms with Gasteiger partial charge in [-0.3, -0.25) is 0 Å². The van der Waals surface area contributed by atoms with Crippen molar-refractivity contribution in [2.24, 2.45) is 0 Å². The van der Waals surface area contributed by atoms with Crippen LogP contribution in [0.4, 0.5) is 0 Å². The van der Waals surface area contributed by atoms with Crippen LogP contribution in [0.5, 0.6) is 0 Å². The molecule has 0 aromatic carbocycles. The van der Waals surface area contributed by atoms with E-state index in [2.05, 4.69) is 13.8 Å². The Kier molecular flexibility index (Phi) is 0.635. The standard InChI is InChI=1S/C5H9NO2/c1-5(2)3-6-4(7-5)8-6/h4H,3H2,1-2H3. The molecule has 3 heteroatoms. The number of hydroxylamine groups is 2. The molecular weight excluding hydrogens is 106 g/mol. The van der Waals surface area contributed by atoms with Gasteiger partial charge >= 0.3 is 0 Å². The normalized spacial score (nSPS) is 48.8. The predicted octanol–water partition coefficient (Wildman–Crippen LogP) is 0.326. The lowest BCUT2D eigenvalue weighted by Gasteiger charge is -2.15. The molecular formula is C5H9NO2. The van der Waals surface area contributed by atoms with Crippen molar-refractivity contribution in [1.29, 1.82) is 0 Å². The van der Waals surface area contributed by atoms with Gasteiger partial charge in [0.2, 0.25) is 0 Å². The minimum Gasteiger partial charge on any atom is -0.329 e. The molecule has 0 aromatic heterocycles. The van der Waals surface area contributed by atoms with E-state index in [1.54, 1.807) is 0 Å². The van der Waals surface area contributed by atoms with Crippen LogP contribution in [0.15, 0.2) is 0 Å². The summed E-state index contributed by atoms with van der Waals surface area (Å²) in [6.07, 6.45) is -0.00926. The maximum atomic E-state index is 5.33. The molecule has 2 atom stereocenters. The summed E-state index contributed by atoms with van der Waals surface area (Å²) in [5.41, 5.74) is 0.0168. The molecule has 8 heavy (non-hydrogen) atoms. The van der Waals surface area contributed by atoms with Gasteiger partial charge in [-0.05, 0) is 13.8 Å². The van der Waals surface area contributed by atoms with Crippen LogP contribution in [0, 0.1) is 0 Å². The van der Waals surface area contributed by atoms with Gasteiger partial charge < -0.3 is 4.74 Å². The lowest BCUT2D eigenvalue weighted by molar-refractivity contribution is -0.0664. The van der Waals surface area contributed by atoms with Gasteiger partial charge in [-0.25, -0.2) is 4.84 Å². The second kappa shape index (κ2) is 1.07. The van der Waals surface area contributed by atoms with Crippen molar-refractivity contribution in [2.75, 3.05) is 6.54 Å². The molecule has 2 aliphatic rings. The highest BCUT2D eigenvalue weighted by molar-refractivity contribution is 4.82. The van der Waals surface area contributed by atoms with Crippen molar-refractivity contribution in [3.8, 4) is 0 Å². The summed E-state index contributed by atoms with van der Waals surface area (Å²) < 4.78 is 5.33. The zero-order chi connectivity index (χ0) is 5.78. The first-order chi connectivity index (χ1) is 3.67. The third-order valence-electron chi connectivity index (χ3n) is 1.37. The zero-order valence-corrected chi connectivity index (χ0v) is 5.05. The first kappa shape index (κ1) is 4.73. The minimum absolute atomic E-state index is 0.00926. The highest BCUT2D eigenvalue weighted by atomic mass is 17.0. The fraction of sp³-hybridized carbons (Fsp3) is 1.00. The third kappa shape index (κ3) is 0.555. The minimum atomic E-state index is -0.00926. The van der Waals surface area contributed by atoms with Gasteiger partial charge in [-0.15, -0.1) is 5.06 Å². The molecule has 0 amide bonds. The van der Waals surface area contributed by atoms with Gasteiger partial charge in [0.15, 0.2) is 0 Å². The Morgan fingerprint density at radius 2 is 2.38 bits per heavy atom. The maximum Gasteiger partial charge on any atom is 0.259 e. The zero-order valence-electron chi connectivity index (χ0n) is 5.05. The second-order valence-corrected chi connectivity index (χ2v) is 2.87. The number of rotatable bonds is 0. The number of ether oxygens (including phenoxy) is 1. The van der Waals surface area contributed by atoms with Gasteiger partial charge in [0, 0.05) is 0 Å². The summed E-state index contributed by atoms with van der Waals surface area (Å²) in [7, 11) is 0. The molecule has 2 heterocycles. The van der Waals surface area contributed by atoms with Crippen molar-refractivity contribution in [1.82, 2.24) is 5.06 Å². The molecule has 0 aliphatic carbocycles. The average Bonchev–Trinajstić information content (AvgIpc) is 2.11. The molecule has 46 valence electrons. The molecule has 0 bridgehead atoms. The van der Waals surface area contributed by atoms with Crippen LogP contribution in [0.2, 0.25) is 0 Å². The molecule has 2 rings (SSSR count). The quantitative estimate of drug-likeness (QED) is 0.425. The summed E-state index contributed by atoms with van der Waals surface area (Å²) in [5, 5.41) is 1.83. The van der Waals surface area contributed by atoms with E-state index < -0.39 is 0 Å². The highest BCUT2D eigenvalue weighted by Crippen LogP contribution is 2.36. The van der Waals surface area contributed by atoms with Gasteiger partial charge in [-0.2, -0.15) is 0 Å². The Hall–Kier alpha value is -0.120. The monoisotopic (exact) mass is 115 g/mol. The maximum absolute atomic E-state index is 5.33. The number of fused-ring (bicyclic) bond motifs is 1. The lowest BCUT2D eigenvalue weighted by Crippen LogP contribution is -2.26. The smallest absolute Gasteiger partial charge is 0.259 e. The second-order valence-electron chi connectivity index (χ2n) is 2.87. The first-order valence-corrected chi connectivity index (χ1v) is 2.79. The van der Waals surface area contributed by atoms with E-state index in [-0.39, 0.29) is 12.0 Å². The van der Waals surface area contributed by atoms with E-state index in [0.717, 1.165) is 6.54 Å². The SMILES string of the molecule is CC1(C)CN2OC2O1. The third-order valence-corrected chi connectivity index (χ3v) is 1.37. The van der Waals surface area contributed by atoms with Crippen LogP contribution in [0.25, 0.3) is 0 Å². The van der Waals surface area contributed by atoms with Gasteiger partial charge in [0.25, 0.3) is 6.41 Å². The van der Waals surface area contributed by atoms with E-state index in [9.17, 15) is 0 Å². The molecule has 0 aromatic rings. The van der Waals surface area contributed by atoms with Gasteiger partial charge in [0.1, 0.15) is 0 Å². The van der Waals surface area contributed by atoms with Crippen LogP contribution in [-0.2, 0) is 9.57 Å². The molecule has 2 unspecified atom stereocenters. The number of hydrogen-bond donors (Lipinski definition) is 0. The van der Waals surface area contributed by atoms with E-state index in [1.165, 1.54) is 0 Å². The van der Waals surface area contributed by atoms with E-state index in [0.29, 0.717) is 0 Å². The summed E-state index contributed by atoms with van der Waals surface area (Å²) in [4.78, 5) is 4.90. The Morgan fingerprint density at radius 3 is 2.62 bits per heavy atom. The van der Waals surface area contributed by atoms with E-state index >= 15 is 0 Å².